The monoisotopic (exact) mass is 291 g/mol. The smallest absolute Gasteiger partial charge is 0.238 e. The highest BCUT2D eigenvalue weighted by molar-refractivity contribution is 5.93. The van der Waals surface area contributed by atoms with E-state index in [1.165, 1.54) is 0 Å². The molecule has 2 atom stereocenters. The summed E-state index contributed by atoms with van der Waals surface area (Å²) >= 11 is 0. The fourth-order valence-electron chi connectivity index (χ4n) is 2.83. The van der Waals surface area contributed by atoms with Gasteiger partial charge < -0.3 is 15.8 Å². The number of carbonyl (C=O) groups excluding carboxylic acids is 1. The van der Waals surface area contributed by atoms with Crippen molar-refractivity contribution < 1.29 is 9.53 Å². The minimum atomic E-state index is -0.00771. The molecule has 3 N–H and O–H groups in total. The van der Waals surface area contributed by atoms with E-state index in [0.29, 0.717) is 37.4 Å². The Morgan fingerprint density at radius 1 is 1.48 bits per heavy atom. The highest BCUT2D eigenvalue weighted by Gasteiger charge is 2.29. The molecule has 2 rings (SSSR count). The number of likely N-dealkylation sites (tertiary alicyclic amines) is 1. The summed E-state index contributed by atoms with van der Waals surface area (Å²) in [6.45, 7) is 6.65. The Kier molecular flexibility index (Phi) is 5.59. The molecule has 0 aliphatic carbocycles. The quantitative estimate of drug-likeness (QED) is 0.837. The second-order valence-electron chi connectivity index (χ2n) is 5.59. The van der Waals surface area contributed by atoms with Crippen LogP contribution in [0.4, 0.5) is 5.69 Å². The first kappa shape index (κ1) is 15.8. The fraction of sp³-hybridized carbons (Fsp3) is 0.562. The van der Waals surface area contributed by atoms with Crippen molar-refractivity contribution >= 4 is 11.6 Å². The third-order valence-electron chi connectivity index (χ3n) is 3.93. The van der Waals surface area contributed by atoms with Gasteiger partial charge in [-0.3, -0.25) is 9.69 Å². The summed E-state index contributed by atoms with van der Waals surface area (Å²) in [4.78, 5) is 14.4. The molecule has 1 aliphatic heterocycles. The second-order valence-corrected chi connectivity index (χ2v) is 5.59. The van der Waals surface area contributed by atoms with Crippen LogP contribution in [-0.4, -0.2) is 43.1 Å². The van der Waals surface area contributed by atoms with Crippen molar-refractivity contribution in [3.63, 3.8) is 0 Å². The van der Waals surface area contributed by atoms with Gasteiger partial charge in [0.05, 0.1) is 18.8 Å². The molecule has 5 nitrogen and oxygen atoms in total. The molecule has 0 aromatic heterocycles. The zero-order valence-corrected chi connectivity index (χ0v) is 12.8. The molecule has 1 aliphatic rings. The summed E-state index contributed by atoms with van der Waals surface area (Å²) in [5.41, 5.74) is 6.45. The van der Waals surface area contributed by atoms with E-state index >= 15 is 0 Å². The number of nitrogens with zero attached hydrogens (tertiary/aromatic N) is 1. The Balaban J connectivity index is 1.93. The van der Waals surface area contributed by atoms with E-state index in [0.717, 1.165) is 18.7 Å². The maximum Gasteiger partial charge on any atom is 0.238 e. The van der Waals surface area contributed by atoms with Gasteiger partial charge in [0.2, 0.25) is 5.91 Å². The minimum absolute atomic E-state index is 0.00771. The van der Waals surface area contributed by atoms with Crippen LogP contribution in [-0.2, 0) is 4.79 Å². The molecule has 1 heterocycles. The lowest BCUT2D eigenvalue weighted by Gasteiger charge is -2.20. The molecule has 5 heteroatoms. The molecule has 21 heavy (non-hydrogen) atoms. The Bertz CT molecular complexity index is 478. The van der Waals surface area contributed by atoms with Crippen molar-refractivity contribution in [2.75, 3.05) is 31.6 Å². The lowest BCUT2D eigenvalue weighted by Crippen LogP contribution is -2.36. The van der Waals surface area contributed by atoms with Crippen molar-refractivity contribution in [1.29, 1.82) is 0 Å². The standard InChI is InChI=1S/C16H25N3O2/c1-3-21-15-7-5-4-6-14(15)18-16(20)11-19-10-13(9-17)8-12(19)2/h4-7,12-13H,3,8-11,17H2,1-2H3,(H,18,20). The SMILES string of the molecule is CCOc1ccccc1NC(=O)CN1CC(CN)CC1C. The summed E-state index contributed by atoms with van der Waals surface area (Å²) in [5, 5.41) is 2.94. The van der Waals surface area contributed by atoms with Crippen molar-refractivity contribution in [2.45, 2.75) is 26.3 Å². The molecule has 1 saturated heterocycles. The van der Waals surface area contributed by atoms with Gasteiger partial charge in [0, 0.05) is 12.6 Å². The van der Waals surface area contributed by atoms with Crippen molar-refractivity contribution in [2.24, 2.45) is 11.7 Å². The van der Waals surface area contributed by atoms with Crippen LogP contribution in [0, 0.1) is 5.92 Å². The molecule has 1 aromatic carbocycles. The number of para-hydroxylation sites is 2. The third-order valence-corrected chi connectivity index (χ3v) is 3.93. The normalized spacial score (nSPS) is 22.2. The maximum atomic E-state index is 12.2. The van der Waals surface area contributed by atoms with E-state index in [9.17, 15) is 4.79 Å². The van der Waals surface area contributed by atoms with Crippen LogP contribution >= 0.6 is 0 Å². The number of amides is 1. The highest BCUT2D eigenvalue weighted by atomic mass is 16.5. The molecular weight excluding hydrogens is 266 g/mol. The second kappa shape index (κ2) is 7.43. The van der Waals surface area contributed by atoms with Crippen LogP contribution in [0.1, 0.15) is 20.3 Å². The van der Waals surface area contributed by atoms with E-state index in [1.807, 2.05) is 31.2 Å². The number of benzene rings is 1. The Hall–Kier alpha value is -1.59. The number of hydrogen-bond donors (Lipinski definition) is 2. The first-order valence-electron chi connectivity index (χ1n) is 7.59. The van der Waals surface area contributed by atoms with Crippen molar-refractivity contribution in [3.05, 3.63) is 24.3 Å². The minimum Gasteiger partial charge on any atom is -0.492 e. The largest absolute Gasteiger partial charge is 0.492 e. The first-order chi connectivity index (χ1) is 10.1. The number of nitrogens with one attached hydrogen (secondary N) is 1. The number of ether oxygens (including phenoxy) is 1. The van der Waals surface area contributed by atoms with E-state index in [-0.39, 0.29) is 5.91 Å². The van der Waals surface area contributed by atoms with Gasteiger partial charge in [-0.25, -0.2) is 0 Å². The number of carbonyl (C=O) groups is 1. The van der Waals surface area contributed by atoms with E-state index in [1.54, 1.807) is 0 Å². The molecule has 0 bridgehead atoms. The van der Waals surface area contributed by atoms with Crippen LogP contribution in [0.15, 0.2) is 24.3 Å². The number of rotatable bonds is 6. The first-order valence-corrected chi connectivity index (χ1v) is 7.59. The fourth-order valence-corrected chi connectivity index (χ4v) is 2.83. The lowest BCUT2D eigenvalue weighted by molar-refractivity contribution is -0.117. The Labute approximate surface area is 126 Å². The van der Waals surface area contributed by atoms with Crippen LogP contribution in [0.5, 0.6) is 5.75 Å². The van der Waals surface area contributed by atoms with Gasteiger partial charge in [0.15, 0.2) is 0 Å². The molecule has 1 aromatic rings. The zero-order valence-electron chi connectivity index (χ0n) is 12.8. The van der Waals surface area contributed by atoms with E-state index < -0.39 is 0 Å². The highest BCUT2D eigenvalue weighted by Crippen LogP contribution is 2.25. The molecule has 1 fully saturated rings. The van der Waals surface area contributed by atoms with Crippen LogP contribution in [0.2, 0.25) is 0 Å². The summed E-state index contributed by atoms with van der Waals surface area (Å²) in [7, 11) is 0. The molecule has 2 unspecified atom stereocenters. The zero-order chi connectivity index (χ0) is 15.2. The van der Waals surface area contributed by atoms with E-state index in [4.69, 9.17) is 10.5 Å². The van der Waals surface area contributed by atoms with Crippen molar-refractivity contribution in [3.8, 4) is 5.75 Å². The number of nitrogens with two attached hydrogens (primary N) is 1. The van der Waals surface area contributed by atoms with Gasteiger partial charge in [0.1, 0.15) is 5.75 Å². The summed E-state index contributed by atoms with van der Waals surface area (Å²) < 4.78 is 5.52. The van der Waals surface area contributed by atoms with Crippen LogP contribution in [0.3, 0.4) is 0 Å². The predicted octanol–water partition coefficient (Wildman–Crippen LogP) is 1.69. The topological polar surface area (TPSA) is 67.6 Å². The third kappa shape index (κ3) is 4.19. The van der Waals surface area contributed by atoms with Gasteiger partial charge in [-0.05, 0) is 44.9 Å². The Morgan fingerprint density at radius 3 is 2.90 bits per heavy atom. The molecule has 0 spiro atoms. The molecule has 116 valence electrons. The average molecular weight is 291 g/mol. The molecule has 0 saturated carbocycles. The predicted molar refractivity (Wildman–Crippen MR) is 84.4 cm³/mol. The summed E-state index contributed by atoms with van der Waals surface area (Å²) in [6.07, 6.45) is 1.07. The number of hydrogen-bond acceptors (Lipinski definition) is 4. The van der Waals surface area contributed by atoms with Gasteiger partial charge >= 0.3 is 0 Å². The van der Waals surface area contributed by atoms with Gasteiger partial charge in [-0.15, -0.1) is 0 Å². The Morgan fingerprint density at radius 2 is 2.24 bits per heavy atom. The average Bonchev–Trinajstić information content (AvgIpc) is 2.82. The number of anilines is 1. The summed E-state index contributed by atoms with van der Waals surface area (Å²) in [5.74, 6) is 1.21. The molecule has 1 amide bonds. The molecular formula is C16H25N3O2. The van der Waals surface area contributed by atoms with E-state index in [2.05, 4.69) is 17.1 Å². The summed E-state index contributed by atoms with van der Waals surface area (Å²) in [6, 6.07) is 7.92. The lowest BCUT2D eigenvalue weighted by atomic mass is 10.1. The van der Waals surface area contributed by atoms with Gasteiger partial charge in [0.25, 0.3) is 0 Å². The van der Waals surface area contributed by atoms with Gasteiger partial charge in [-0.2, -0.15) is 0 Å². The molecule has 0 radical (unpaired) electrons. The van der Waals surface area contributed by atoms with Crippen LogP contribution < -0.4 is 15.8 Å². The van der Waals surface area contributed by atoms with Crippen molar-refractivity contribution in [1.82, 2.24) is 4.90 Å². The van der Waals surface area contributed by atoms with Gasteiger partial charge in [-0.1, -0.05) is 12.1 Å². The maximum absolute atomic E-state index is 12.2. The van der Waals surface area contributed by atoms with Crippen LogP contribution in [0.25, 0.3) is 0 Å².